The molecule has 120 valence electrons. The van der Waals surface area contributed by atoms with Crippen LogP contribution in [0.15, 0.2) is 35.1 Å². The van der Waals surface area contributed by atoms with Gasteiger partial charge in [0.1, 0.15) is 17.3 Å². The SMILES string of the molecule is CCOC(=O)Cn1nc(-c2ccccc2)c(C(C)=O)c(Cl)c1=O. The topological polar surface area (TPSA) is 78.3 Å². The Hall–Kier alpha value is -2.47. The van der Waals surface area contributed by atoms with E-state index in [2.05, 4.69) is 5.10 Å². The van der Waals surface area contributed by atoms with Gasteiger partial charge >= 0.3 is 5.97 Å². The Morgan fingerprint density at radius 1 is 1.26 bits per heavy atom. The van der Waals surface area contributed by atoms with Crippen LogP contribution < -0.4 is 5.56 Å². The molecule has 0 saturated heterocycles. The van der Waals surface area contributed by atoms with Crippen LogP contribution in [0.2, 0.25) is 5.02 Å². The number of hydrogen-bond acceptors (Lipinski definition) is 5. The third kappa shape index (κ3) is 3.65. The van der Waals surface area contributed by atoms with Gasteiger partial charge in [0, 0.05) is 5.56 Å². The van der Waals surface area contributed by atoms with Gasteiger partial charge in [-0.15, -0.1) is 0 Å². The molecular formula is C16H15ClN2O4. The number of carbonyl (C=O) groups excluding carboxylic acids is 2. The fraction of sp³-hybridized carbons (Fsp3) is 0.250. The van der Waals surface area contributed by atoms with Gasteiger partial charge in [-0.2, -0.15) is 5.10 Å². The zero-order chi connectivity index (χ0) is 17.0. The maximum atomic E-state index is 12.2. The maximum Gasteiger partial charge on any atom is 0.327 e. The van der Waals surface area contributed by atoms with Crippen molar-refractivity contribution >= 4 is 23.4 Å². The van der Waals surface area contributed by atoms with E-state index in [0.29, 0.717) is 5.56 Å². The summed E-state index contributed by atoms with van der Waals surface area (Å²) in [4.78, 5) is 35.7. The molecule has 1 heterocycles. The highest BCUT2D eigenvalue weighted by atomic mass is 35.5. The molecule has 6 nitrogen and oxygen atoms in total. The first-order chi connectivity index (χ1) is 11.0. The van der Waals surface area contributed by atoms with Crippen molar-refractivity contribution in [2.45, 2.75) is 20.4 Å². The molecule has 0 spiro atoms. The summed E-state index contributed by atoms with van der Waals surface area (Å²) in [5.41, 5.74) is 0.219. The predicted octanol–water partition coefficient (Wildman–Crippen LogP) is 2.33. The summed E-state index contributed by atoms with van der Waals surface area (Å²) in [6.07, 6.45) is 0. The lowest BCUT2D eigenvalue weighted by atomic mass is 10.0. The van der Waals surface area contributed by atoms with Crippen molar-refractivity contribution in [1.29, 1.82) is 0 Å². The molecule has 0 amide bonds. The van der Waals surface area contributed by atoms with Gasteiger partial charge in [0.05, 0.1) is 12.2 Å². The van der Waals surface area contributed by atoms with Crippen LogP contribution in [0.5, 0.6) is 0 Å². The summed E-state index contributed by atoms with van der Waals surface area (Å²) < 4.78 is 5.73. The molecule has 0 N–H and O–H groups in total. The van der Waals surface area contributed by atoms with Crippen LogP contribution in [0.3, 0.4) is 0 Å². The molecule has 0 saturated carbocycles. The second kappa shape index (κ2) is 7.19. The fourth-order valence-corrected chi connectivity index (χ4v) is 2.42. The summed E-state index contributed by atoms with van der Waals surface area (Å²) >= 11 is 6.06. The van der Waals surface area contributed by atoms with E-state index in [9.17, 15) is 14.4 Å². The number of carbonyl (C=O) groups is 2. The lowest BCUT2D eigenvalue weighted by Gasteiger charge is -2.12. The van der Waals surface area contributed by atoms with Gasteiger partial charge in [-0.1, -0.05) is 41.9 Å². The number of esters is 1. The van der Waals surface area contributed by atoms with Gasteiger partial charge in [-0.25, -0.2) is 4.68 Å². The number of halogens is 1. The Kier molecular flexibility index (Phi) is 5.28. The van der Waals surface area contributed by atoms with Crippen LogP contribution in [-0.4, -0.2) is 28.1 Å². The second-order valence-electron chi connectivity index (χ2n) is 4.73. The normalized spacial score (nSPS) is 10.4. The monoisotopic (exact) mass is 334 g/mol. The van der Waals surface area contributed by atoms with Crippen LogP contribution in [0.4, 0.5) is 0 Å². The number of ether oxygens (including phenoxy) is 1. The zero-order valence-corrected chi connectivity index (χ0v) is 13.5. The van der Waals surface area contributed by atoms with Gasteiger partial charge in [0.2, 0.25) is 0 Å². The van der Waals surface area contributed by atoms with E-state index in [1.165, 1.54) is 6.92 Å². The zero-order valence-electron chi connectivity index (χ0n) is 12.7. The molecule has 1 aromatic carbocycles. The molecule has 2 aromatic rings. The van der Waals surface area contributed by atoms with Crippen molar-refractivity contribution in [3.8, 4) is 11.3 Å². The van der Waals surface area contributed by atoms with Crippen molar-refractivity contribution in [3.05, 3.63) is 51.3 Å². The molecule has 7 heteroatoms. The van der Waals surface area contributed by atoms with Crippen LogP contribution in [0.25, 0.3) is 11.3 Å². The largest absolute Gasteiger partial charge is 0.465 e. The minimum Gasteiger partial charge on any atom is -0.465 e. The number of hydrogen-bond donors (Lipinski definition) is 0. The van der Waals surface area contributed by atoms with Gasteiger partial charge in [-0.3, -0.25) is 14.4 Å². The second-order valence-corrected chi connectivity index (χ2v) is 5.11. The Balaban J connectivity index is 2.64. The molecule has 0 radical (unpaired) electrons. The number of Topliss-reactive ketones (excluding diaryl/α,β-unsaturated/α-hetero) is 1. The molecule has 0 aliphatic heterocycles. The number of rotatable bonds is 5. The van der Waals surface area contributed by atoms with E-state index in [1.54, 1.807) is 31.2 Å². The predicted molar refractivity (Wildman–Crippen MR) is 85.6 cm³/mol. The molecule has 0 aliphatic carbocycles. The van der Waals surface area contributed by atoms with E-state index in [4.69, 9.17) is 16.3 Å². The molecule has 0 fully saturated rings. The molecule has 0 unspecified atom stereocenters. The molecule has 0 aliphatic rings. The van der Waals surface area contributed by atoms with Crippen LogP contribution >= 0.6 is 11.6 Å². The standard InChI is InChI=1S/C16H15ClN2O4/c1-3-23-12(21)9-19-16(22)14(17)13(10(2)20)15(18-19)11-7-5-4-6-8-11/h4-8H,3,9H2,1-2H3. The van der Waals surface area contributed by atoms with E-state index >= 15 is 0 Å². The van der Waals surface area contributed by atoms with Gasteiger partial charge in [-0.05, 0) is 13.8 Å². The van der Waals surface area contributed by atoms with Crippen molar-refractivity contribution in [1.82, 2.24) is 9.78 Å². The third-order valence-corrected chi connectivity index (χ3v) is 3.43. The van der Waals surface area contributed by atoms with Crippen LogP contribution in [0, 0.1) is 0 Å². The smallest absolute Gasteiger partial charge is 0.327 e. The molecule has 2 rings (SSSR count). The lowest BCUT2D eigenvalue weighted by molar-refractivity contribution is -0.144. The first-order valence-corrected chi connectivity index (χ1v) is 7.36. The minimum atomic E-state index is -0.704. The van der Waals surface area contributed by atoms with E-state index in [0.717, 1.165) is 4.68 Å². The van der Waals surface area contributed by atoms with Gasteiger partial charge in [0.15, 0.2) is 5.78 Å². The summed E-state index contributed by atoms with van der Waals surface area (Å²) in [6.45, 7) is 2.79. The number of benzene rings is 1. The number of nitrogens with zero attached hydrogens (tertiary/aromatic N) is 2. The first kappa shape index (κ1) is 16.9. The molecule has 1 aromatic heterocycles. The highest BCUT2D eigenvalue weighted by molar-refractivity contribution is 6.34. The summed E-state index contributed by atoms with van der Waals surface area (Å²) in [6, 6.07) is 8.84. The highest BCUT2D eigenvalue weighted by Gasteiger charge is 2.21. The maximum absolute atomic E-state index is 12.2. The number of ketones is 1. The van der Waals surface area contributed by atoms with Crippen molar-refractivity contribution in [2.24, 2.45) is 0 Å². The molecule has 0 bridgehead atoms. The van der Waals surface area contributed by atoms with Crippen LogP contribution in [0.1, 0.15) is 24.2 Å². The summed E-state index contributed by atoms with van der Waals surface area (Å²) in [7, 11) is 0. The minimum absolute atomic E-state index is 0.0444. The highest BCUT2D eigenvalue weighted by Crippen LogP contribution is 2.25. The van der Waals surface area contributed by atoms with Gasteiger partial charge in [0.25, 0.3) is 5.56 Å². The average Bonchev–Trinajstić information content (AvgIpc) is 2.52. The Morgan fingerprint density at radius 2 is 1.91 bits per heavy atom. The average molecular weight is 335 g/mol. The van der Waals surface area contributed by atoms with Crippen molar-refractivity contribution in [2.75, 3.05) is 6.61 Å². The van der Waals surface area contributed by atoms with E-state index in [-0.39, 0.29) is 35.2 Å². The van der Waals surface area contributed by atoms with Crippen molar-refractivity contribution in [3.63, 3.8) is 0 Å². The van der Waals surface area contributed by atoms with E-state index in [1.807, 2.05) is 6.07 Å². The Morgan fingerprint density at radius 3 is 2.48 bits per heavy atom. The molecule has 23 heavy (non-hydrogen) atoms. The first-order valence-electron chi connectivity index (χ1n) is 6.98. The Labute approximate surface area is 137 Å². The quantitative estimate of drug-likeness (QED) is 0.619. The summed E-state index contributed by atoms with van der Waals surface area (Å²) in [5.74, 6) is -0.977. The number of aromatic nitrogens is 2. The molecular weight excluding hydrogens is 320 g/mol. The third-order valence-electron chi connectivity index (χ3n) is 3.08. The van der Waals surface area contributed by atoms with Crippen LogP contribution in [-0.2, 0) is 16.1 Å². The van der Waals surface area contributed by atoms with E-state index < -0.39 is 11.5 Å². The van der Waals surface area contributed by atoms with Gasteiger partial charge < -0.3 is 4.74 Å². The summed E-state index contributed by atoms with van der Waals surface area (Å²) in [5, 5.41) is 3.89. The van der Waals surface area contributed by atoms with Crippen molar-refractivity contribution < 1.29 is 14.3 Å². The fourth-order valence-electron chi connectivity index (χ4n) is 2.10. The Bertz CT molecular complexity index is 800. The lowest BCUT2D eigenvalue weighted by Crippen LogP contribution is -2.30. The molecule has 0 atom stereocenters.